The summed E-state index contributed by atoms with van der Waals surface area (Å²) in [6.45, 7) is 8.63. The fraction of sp³-hybridized carbons (Fsp3) is 0.667. The van der Waals surface area contributed by atoms with Gasteiger partial charge in [-0.25, -0.2) is 0 Å². The van der Waals surface area contributed by atoms with Crippen molar-refractivity contribution in [1.82, 2.24) is 0 Å². The van der Waals surface area contributed by atoms with Crippen LogP contribution in [0.4, 0.5) is 0 Å². The molecule has 0 saturated heterocycles. The van der Waals surface area contributed by atoms with E-state index in [1.807, 2.05) is 0 Å². The van der Waals surface area contributed by atoms with Crippen molar-refractivity contribution in [2.45, 2.75) is 53.4 Å². The summed E-state index contributed by atoms with van der Waals surface area (Å²) in [4.78, 5) is 11.8. The molecule has 0 heterocycles. The highest BCUT2D eigenvalue weighted by Crippen LogP contribution is 2.27. The van der Waals surface area contributed by atoms with Gasteiger partial charge < -0.3 is 0 Å². The van der Waals surface area contributed by atoms with Gasteiger partial charge in [0, 0.05) is 6.42 Å². The lowest BCUT2D eigenvalue weighted by atomic mass is 9.83. The molecule has 1 aliphatic rings. The molecule has 0 bridgehead atoms. The van der Waals surface area contributed by atoms with E-state index in [1.165, 1.54) is 5.57 Å². The second-order valence-electron chi connectivity index (χ2n) is 5.32. The topological polar surface area (TPSA) is 17.1 Å². The SMILES string of the molecule is CC(C)=CCC[C@@H](C)C1=CC(C)CCC1=O. The lowest BCUT2D eigenvalue weighted by Crippen LogP contribution is -2.17. The Labute approximate surface area is 99.6 Å². The lowest BCUT2D eigenvalue weighted by Gasteiger charge is -2.21. The first-order valence-electron chi connectivity index (χ1n) is 6.39. The molecule has 0 N–H and O–H groups in total. The Morgan fingerprint density at radius 2 is 2.25 bits per heavy atom. The number of carbonyl (C=O) groups is 1. The summed E-state index contributed by atoms with van der Waals surface area (Å²) in [5, 5.41) is 0. The Hall–Kier alpha value is -0.850. The smallest absolute Gasteiger partial charge is 0.158 e. The monoisotopic (exact) mass is 220 g/mol. The second kappa shape index (κ2) is 6.03. The molecule has 2 atom stereocenters. The van der Waals surface area contributed by atoms with Crippen LogP contribution in [0.5, 0.6) is 0 Å². The van der Waals surface area contributed by atoms with E-state index in [9.17, 15) is 4.79 Å². The average Bonchev–Trinajstić information content (AvgIpc) is 2.21. The minimum absolute atomic E-state index is 0.378. The van der Waals surface area contributed by atoms with E-state index in [0.717, 1.165) is 31.3 Å². The molecule has 0 fully saturated rings. The molecule has 0 aromatic rings. The molecule has 0 radical (unpaired) electrons. The minimum Gasteiger partial charge on any atom is -0.295 e. The Morgan fingerprint density at radius 3 is 2.88 bits per heavy atom. The highest BCUT2D eigenvalue weighted by molar-refractivity contribution is 5.96. The molecule has 1 heteroatoms. The number of rotatable bonds is 4. The van der Waals surface area contributed by atoms with E-state index in [2.05, 4.69) is 39.8 Å². The van der Waals surface area contributed by atoms with Crippen LogP contribution in [0, 0.1) is 11.8 Å². The summed E-state index contributed by atoms with van der Waals surface area (Å²) >= 11 is 0. The van der Waals surface area contributed by atoms with Crippen LogP contribution in [0.2, 0.25) is 0 Å². The second-order valence-corrected chi connectivity index (χ2v) is 5.32. The van der Waals surface area contributed by atoms with E-state index in [1.54, 1.807) is 0 Å². The van der Waals surface area contributed by atoms with Crippen molar-refractivity contribution in [2.24, 2.45) is 11.8 Å². The molecule has 16 heavy (non-hydrogen) atoms. The standard InChI is InChI=1S/C15H24O/c1-11(2)6-5-7-13(4)14-10-12(3)8-9-15(14)16/h6,10,12-13H,5,7-9H2,1-4H3/t12?,13-/m1/s1. The van der Waals surface area contributed by atoms with Crippen molar-refractivity contribution < 1.29 is 4.79 Å². The number of ketones is 1. The quantitative estimate of drug-likeness (QED) is 0.646. The summed E-state index contributed by atoms with van der Waals surface area (Å²) in [6.07, 6.45) is 8.41. The normalized spacial score (nSPS) is 22.6. The summed E-state index contributed by atoms with van der Waals surface area (Å²) in [6, 6.07) is 0. The molecule has 0 spiro atoms. The van der Waals surface area contributed by atoms with Gasteiger partial charge in [-0.2, -0.15) is 0 Å². The number of Topliss-reactive ketones (excluding diaryl/α,β-unsaturated/α-hetero) is 1. The van der Waals surface area contributed by atoms with E-state index < -0.39 is 0 Å². The van der Waals surface area contributed by atoms with Gasteiger partial charge in [-0.1, -0.05) is 31.6 Å². The van der Waals surface area contributed by atoms with Crippen molar-refractivity contribution >= 4 is 5.78 Å². The predicted molar refractivity (Wildman–Crippen MR) is 69.3 cm³/mol. The largest absolute Gasteiger partial charge is 0.295 e. The Balaban J connectivity index is 2.55. The van der Waals surface area contributed by atoms with Gasteiger partial charge in [0.15, 0.2) is 5.78 Å². The minimum atomic E-state index is 0.378. The molecule has 0 aromatic carbocycles. The van der Waals surface area contributed by atoms with E-state index in [4.69, 9.17) is 0 Å². The van der Waals surface area contributed by atoms with Crippen molar-refractivity contribution in [1.29, 1.82) is 0 Å². The van der Waals surface area contributed by atoms with Gasteiger partial charge in [0.05, 0.1) is 0 Å². The molecule has 1 aliphatic carbocycles. The first kappa shape index (κ1) is 13.2. The summed E-state index contributed by atoms with van der Waals surface area (Å²) in [5.41, 5.74) is 2.45. The predicted octanol–water partition coefficient (Wildman–Crippen LogP) is 4.29. The highest BCUT2D eigenvalue weighted by atomic mass is 16.1. The van der Waals surface area contributed by atoms with Crippen molar-refractivity contribution in [3.8, 4) is 0 Å². The maximum absolute atomic E-state index is 11.8. The third-order valence-electron chi connectivity index (χ3n) is 3.30. The van der Waals surface area contributed by atoms with Gasteiger partial charge in [0.1, 0.15) is 0 Å². The van der Waals surface area contributed by atoms with Gasteiger partial charge >= 0.3 is 0 Å². The molecule has 1 nitrogen and oxygen atoms in total. The van der Waals surface area contributed by atoms with E-state index in [-0.39, 0.29) is 0 Å². The van der Waals surface area contributed by atoms with Gasteiger partial charge in [0.25, 0.3) is 0 Å². The number of hydrogen-bond acceptors (Lipinski definition) is 1. The van der Waals surface area contributed by atoms with Crippen LogP contribution in [0.25, 0.3) is 0 Å². The molecular formula is C15H24O. The molecule has 1 unspecified atom stereocenters. The third-order valence-corrected chi connectivity index (χ3v) is 3.30. The molecule has 0 aromatic heterocycles. The maximum atomic E-state index is 11.8. The van der Waals surface area contributed by atoms with Crippen LogP contribution < -0.4 is 0 Å². The van der Waals surface area contributed by atoms with Crippen LogP contribution in [-0.4, -0.2) is 5.78 Å². The van der Waals surface area contributed by atoms with Crippen LogP contribution in [0.3, 0.4) is 0 Å². The summed E-state index contributed by atoms with van der Waals surface area (Å²) < 4.78 is 0. The zero-order valence-corrected chi connectivity index (χ0v) is 11.0. The molecule has 0 saturated carbocycles. The summed E-state index contributed by atoms with van der Waals surface area (Å²) in [5.74, 6) is 1.38. The van der Waals surface area contributed by atoms with Gasteiger partial charge in [-0.05, 0) is 50.5 Å². The maximum Gasteiger partial charge on any atom is 0.158 e. The Morgan fingerprint density at radius 1 is 1.56 bits per heavy atom. The average molecular weight is 220 g/mol. The highest BCUT2D eigenvalue weighted by Gasteiger charge is 2.21. The molecule has 0 aliphatic heterocycles. The molecular weight excluding hydrogens is 196 g/mol. The van der Waals surface area contributed by atoms with Gasteiger partial charge in [0.2, 0.25) is 0 Å². The van der Waals surface area contributed by atoms with E-state index in [0.29, 0.717) is 17.6 Å². The van der Waals surface area contributed by atoms with Crippen LogP contribution >= 0.6 is 0 Å². The van der Waals surface area contributed by atoms with Crippen molar-refractivity contribution in [3.05, 3.63) is 23.3 Å². The van der Waals surface area contributed by atoms with Gasteiger partial charge in [-0.15, -0.1) is 0 Å². The first-order chi connectivity index (χ1) is 7.50. The van der Waals surface area contributed by atoms with Crippen molar-refractivity contribution in [2.75, 3.05) is 0 Å². The van der Waals surface area contributed by atoms with Crippen LogP contribution in [-0.2, 0) is 4.79 Å². The molecule has 0 amide bonds. The molecule has 90 valence electrons. The Bertz CT molecular complexity index is 305. The number of carbonyl (C=O) groups excluding carboxylic acids is 1. The van der Waals surface area contributed by atoms with E-state index >= 15 is 0 Å². The first-order valence-corrected chi connectivity index (χ1v) is 6.39. The number of hydrogen-bond donors (Lipinski definition) is 0. The zero-order chi connectivity index (χ0) is 12.1. The Kier molecular flexibility index (Phi) is 4.98. The van der Waals surface area contributed by atoms with Gasteiger partial charge in [-0.3, -0.25) is 4.79 Å². The fourth-order valence-corrected chi connectivity index (χ4v) is 2.20. The van der Waals surface area contributed by atoms with Crippen molar-refractivity contribution in [3.63, 3.8) is 0 Å². The third kappa shape index (κ3) is 3.96. The fourth-order valence-electron chi connectivity index (χ4n) is 2.20. The lowest BCUT2D eigenvalue weighted by molar-refractivity contribution is -0.116. The van der Waals surface area contributed by atoms with Crippen LogP contribution in [0.15, 0.2) is 23.3 Å². The van der Waals surface area contributed by atoms with Crippen LogP contribution in [0.1, 0.15) is 53.4 Å². The summed E-state index contributed by atoms with van der Waals surface area (Å²) in [7, 11) is 0. The number of allylic oxidation sites excluding steroid dienone is 4. The molecule has 1 rings (SSSR count). The zero-order valence-electron chi connectivity index (χ0n) is 11.0.